The Morgan fingerprint density at radius 2 is 2.27 bits per heavy atom. The Bertz CT molecular complexity index is 200. The lowest BCUT2D eigenvalue weighted by Gasteiger charge is -2.07. The third kappa shape index (κ3) is 0.872. The molecule has 3 heteroatoms. The number of carboxylic acid groups (broad SMARTS) is 1. The van der Waals surface area contributed by atoms with Gasteiger partial charge in [-0.3, -0.25) is 4.79 Å². The first-order chi connectivity index (χ1) is 5.20. The van der Waals surface area contributed by atoms with Crippen LogP contribution in [-0.4, -0.2) is 17.6 Å². The van der Waals surface area contributed by atoms with Crippen molar-refractivity contribution < 1.29 is 9.90 Å². The fourth-order valence-corrected chi connectivity index (χ4v) is 2.02. The van der Waals surface area contributed by atoms with E-state index in [2.05, 4.69) is 0 Å². The summed E-state index contributed by atoms with van der Waals surface area (Å²) in [4.78, 5) is 10.8. The van der Waals surface area contributed by atoms with Gasteiger partial charge in [-0.05, 0) is 31.1 Å². The fourth-order valence-electron chi connectivity index (χ4n) is 2.02. The number of carbonyl (C=O) groups is 1. The van der Waals surface area contributed by atoms with Gasteiger partial charge in [0.05, 0.1) is 5.41 Å². The molecule has 0 bridgehead atoms. The van der Waals surface area contributed by atoms with Crippen molar-refractivity contribution in [3.8, 4) is 0 Å². The number of rotatable bonds is 3. The minimum Gasteiger partial charge on any atom is -0.481 e. The zero-order chi connectivity index (χ0) is 8.06. The van der Waals surface area contributed by atoms with Gasteiger partial charge >= 0.3 is 5.97 Å². The second kappa shape index (κ2) is 1.97. The average Bonchev–Trinajstić information content (AvgIpc) is 2.83. The number of aliphatic carboxylic acids is 1. The van der Waals surface area contributed by atoms with Crippen LogP contribution in [0.25, 0.3) is 0 Å². The van der Waals surface area contributed by atoms with Gasteiger partial charge in [-0.15, -0.1) is 0 Å². The van der Waals surface area contributed by atoms with E-state index in [0.29, 0.717) is 18.4 Å². The van der Waals surface area contributed by atoms with E-state index in [-0.39, 0.29) is 0 Å². The Labute approximate surface area is 65.6 Å². The first kappa shape index (κ1) is 7.10. The van der Waals surface area contributed by atoms with E-state index in [1.54, 1.807) is 0 Å². The predicted molar refractivity (Wildman–Crippen MR) is 40.0 cm³/mol. The van der Waals surface area contributed by atoms with Crippen molar-refractivity contribution >= 4 is 5.97 Å². The van der Waals surface area contributed by atoms with E-state index in [4.69, 9.17) is 10.8 Å². The van der Waals surface area contributed by atoms with Crippen LogP contribution in [0.15, 0.2) is 0 Å². The summed E-state index contributed by atoms with van der Waals surface area (Å²) in [5, 5.41) is 8.87. The molecule has 0 saturated heterocycles. The first-order valence-corrected chi connectivity index (χ1v) is 4.14. The maximum absolute atomic E-state index is 10.8. The van der Waals surface area contributed by atoms with E-state index in [0.717, 1.165) is 6.42 Å². The van der Waals surface area contributed by atoms with Crippen molar-refractivity contribution in [2.75, 3.05) is 6.54 Å². The summed E-state index contributed by atoms with van der Waals surface area (Å²) in [6.45, 7) is 0.323. The molecule has 11 heavy (non-hydrogen) atoms. The normalized spacial score (nSPS) is 42.1. The third-order valence-corrected chi connectivity index (χ3v) is 3.12. The molecule has 3 N–H and O–H groups in total. The van der Waals surface area contributed by atoms with Gasteiger partial charge in [0.25, 0.3) is 0 Å². The summed E-state index contributed by atoms with van der Waals surface area (Å²) in [6.07, 6.45) is 3.27. The van der Waals surface area contributed by atoms with E-state index >= 15 is 0 Å². The molecule has 2 saturated carbocycles. The second-order valence-electron chi connectivity index (χ2n) is 3.81. The second-order valence-corrected chi connectivity index (χ2v) is 3.81. The van der Waals surface area contributed by atoms with Crippen LogP contribution in [0.2, 0.25) is 0 Å². The highest BCUT2D eigenvalue weighted by atomic mass is 16.4. The van der Waals surface area contributed by atoms with Crippen LogP contribution in [0.3, 0.4) is 0 Å². The SMILES string of the molecule is NC[C@@]1(C(=O)O)C[C@H]1C1CC1. The number of carboxylic acids is 1. The number of hydrogen-bond donors (Lipinski definition) is 2. The van der Waals surface area contributed by atoms with Gasteiger partial charge < -0.3 is 10.8 Å². The lowest BCUT2D eigenvalue weighted by molar-refractivity contribution is -0.143. The minimum absolute atomic E-state index is 0.323. The van der Waals surface area contributed by atoms with Crippen molar-refractivity contribution in [2.24, 2.45) is 23.0 Å². The molecule has 0 aromatic heterocycles. The van der Waals surface area contributed by atoms with Crippen molar-refractivity contribution in [3.05, 3.63) is 0 Å². The van der Waals surface area contributed by atoms with Crippen LogP contribution < -0.4 is 5.73 Å². The fraction of sp³-hybridized carbons (Fsp3) is 0.875. The molecule has 2 aliphatic rings. The van der Waals surface area contributed by atoms with Crippen molar-refractivity contribution in [2.45, 2.75) is 19.3 Å². The maximum Gasteiger partial charge on any atom is 0.311 e. The quantitative estimate of drug-likeness (QED) is 0.621. The van der Waals surface area contributed by atoms with Crippen LogP contribution >= 0.6 is 0 Å². The molecule has 0 unspecified atom stereocenters. The van der Waals surface area contributed by atoms with Gasteiger partial charge in [0.15, 0.2) is 0 Å². The molecule has 0 radical (unpaired) electrons. The van der Waals surface area contributed by atoms with Crippen molar-refractivity contribution in [1.29, 1.82) is 0 Å². The smallest absolute Gasteiger partial charge is 0.311 e. The van der Waals surface area contributed by atoms with Gasteiger partial charge in [0, 0.05) is 6.54 Å². The Balaban J connectivity index is 2.05. The molecular formula is C8H13NO2. The Hall–Kier alpha value is -0.570. The summed E-state index contributed by atoms with van der Waals surface area (Å²) in [7, 11) is 0. The number of hydrogen-bond acceptors (Lipinski definition) is 2. The standard InChI is InChI=1S/C8H13NO2/c9-4-8(7(10)11)3-6(8)5-1-2-5/h5-6H,1-4,9H2,(H,10,11)/t6-,8-/m0/s1. The summed E-state index contributed by atoms with van der Waals surface area (Å²) >= 11 is 0. The summed E-state index contributed by atoms with van der Waals surface area (Å²) < 4.78 is 0. The molecule has 0 heterocycles. The van der Waals surface area contributed by atoms with Crippen molar-refractivity contribution in [3.63, 3.8) is 0 Å². The molecule has 0 aliphatic heterocycles. The lowest BCUT2D eigenvalue weighted by Crippen LogP contribution is -2.27. The predicted octanol–water partition coefficient (Wildman–Crippen LogP) is 0.446. The molecule has 0 aromatic carbocycles. The Morgan fingerprint density at radius 3 is 2.55 bits per heavy atom. The molecule has 2 rings (SSSR count). The molecule has 0 amide bonds. The van der Waals surface area contributed by atoms with Gasteiger partial charge in [-0.2, -0.15) is 0 Å². The lowest BCUT2D eigenvalue weighted by atomic mass is 10.0. The van der Waals surface area contributed by atoms with E-state index in [9.17, 15) is 4.79 Å². The topological polar surface area (TPSA) is 63.3 Å². The van der Waals surface area contributed by atoms with Crippen LogP contribution in [0.4, 0.5) is 0 Å². The highest BCUT2D eigenvalue weighted by molar-refractivity contribution is 5.79. The summed E-state index contributed by atoms with van der Waals surface area (Å²) in [6, 6.07) is 0. The largest absolute Gasteiger partial charge is 0.481 e. The Morgan fingerprint density at radius 1 is 1.64 bits per heavy atom. The van der Waals surface area contributed by atoms with E-state index in [1.807, 2.05) is 0 Å². The van der Waals surface area contributed by atoms with E-state index < -0.39 is 11.4 Å². The first-order valence-electron chi connectivity index (χ1n) is 4.14. The van der Waals surface area contributed by atoms with Gasteiger partial charge in [0.2, 0.25) is 0 Å². The molecule has 2 atom stereocenters. The average molecular weight is 155 g/mol. The molecule has 3 nitrogen and oxygen atoms in total. The zero-order valence-corrected chi connectivity index (χ0v) is 6.42. The van der Waals surface area contributed by atoms with Gasteiger partial charge in [-0.25, -0.2) is 0 Å². The molecule has 0 spiro atoms. The number of nitrogens with two attached hydrogens (primary N) is 1. The highest BCUT2D eigenvalue weighted by Crippen LogP contribution is 2.62. The molecule has 2 aliphatic carbocycles. The van der Waals surface area contributed by atoms with Crippen molar-refractivity contribution in [1.82, 2.24) is 0 Å². The summed E-state index contributed by atoms with van der Waals surface area (Å²) in [5.74, 6) is 0.413. The van der Waals surface area contributed by atoms with Gasteiger partial charge in [-0.1, -0.05) is 0 Å². The minimum atomic E-state index is -0.683. The molecule has 0 aromatic rings. The van der Waals surface area contributed by atoms with Crippen LogP contribution in [0.1, 0.15) is 19.3 Å². The zero-order valence-electron chi connectivity index (χ0n) is 6.42. The summed E-state index contributed by atoms with van der Waals surface area (Å²) in [5.41, 5.74) is 4.93. The van der Waals surface area contributed by atoms with Gasteiger partial charge in [0.1, 0.15) is 0 Å². The maximum atomic E-state index is 10.8. The van der Waals surface area contributed by atoms with E-state index in [1.165, 1.54) is 12.8 Å². The van der Waals surface area contributed by atoms with Crippen LogP contribution in [0.5, 0.6) is 0 Å². The molecule has 2 fully saturated rings. The highest BCUT2D eigenvalue weighted by Gasteiger charge is 2.63. The monoisotopic (exact) mass is 155 g/mol. The van der Waals surface area contributed by atoms with Crippen LogP contribution in [0, 0.1) is 17.3 Å². The molecule has 62 valence electrons. The third-order valence-electron chi connectivity index (χ3n) is 3.12. The molecular weight excluding hydrogens is 142 g/mol. The van der Waals surface area contributed by atoms with Crippen LogP contribution in [-0.2, 0) is 4.79 Å². The Kier molecular flexibility index (Phi) is 1.27.